The van der Waals surface area contributed by atoms with Crippen LogP contribution >= 0.6 is 0 Å². The molecule has 0 spiro atoms. The quantitative estimate of drug-likeness (QED) is 0.0260. The van der Waals surface area contributed by atoms with Gasteiger partial charge in [0.2, 0.25) is 76.8 Å². The van der Waals surface area contributed by atoms with Crippen LogP contribution in [0.3, 0.4) is 0 Å². The van der Waals surface area contributed by atoms with Gasteiger partial charge in [-0.05, 0) is 140 Å². The van der Waals surface area contributed by atoms with Crippen molar-refractivity contribution in [3.05, 3.63) is 0 Å². The molecule has 0 aliphatic rings. The number of carbonyl (C=O) groups is 13. The smallest absolute Gasteiger partial charge is 0.243 e. The number of nitrogens with one attached hydrogen (secondary N) is 12. The lowest BCUT2D eigenvalue weighted by Gasteiger charge is -2.25. The van der Waals surface area contributed by atoms with Gasteiger partial charge >= 0.3 is 0 Å². The topological polar surface area (TPSA) is 470 Å². The fourth-order valence-corrected chi connectivity index (χ4v) is 6.71. The monoisotopic (exact) mass is 1080 g/mol. The zero-order valence-electron chi connectivity index (χ0n) is 45.5. The highest BCUT2D eigenvalue weighted by Gasteiger charge is 2.32. The van der Waals surface area contributed by atoms with E-state index in [-0.39, 0.29) is 25.8 Å². The summed E-state index contributed by atoms with van der Waals surface area (Å²) in [6.45, 7) is 14.3. The van der Waals surface area contributed by atoms with E-state index >= 15 is 0 Å². The molecular formula is C47H86N16O13. The zero-order valence-corrected chi connectivity index (χ0v) is 45.5. The molecule has 432 valence electrons. The van der Waals surface area contributed by atoms with Gasteiger partial charge in [-0.15, -0.1) is 0 Å². The Bertz CT molecular complexity index is 2010. The summed E-state index contributed by atoms with van der Waals surface area (Å²) in [7, 11) is 0. The summed E-state index contributed by atoms with van der Waals surface area (Å²) in [4.78, 5) is 167. The SMILES string of the molecule is CC(=O)N[C@@H](C)C(=O)N[C@@H](C)C(=O)N[C@@H](CCCCN)C(=O)N[C@@H](C)C(=O)N[C@@H](C)C(=O)N[C@@H](C)C(=O)N[C@@H](CCCCN)C(=O)N[C@@H](C)C(=O)N[C@@H](C)C(=O)N[C@@H](C)C(=O)N[C@@H](CCCCN)C(=O)N[C@@H](C)C(N)=O. The molecule has 0 rings (SSSR count). The fraction of sp³-hybridized carbons (Fsp3) is 0.723. The van der Waals surface area contributed by atoms with Crippen LogP contribution in [0.15, 0.2) is 0 Å². The number of primary amides is 1. The molecule has 0 unspecified atom stereocenters. The van der Waals surface area contributed by atoms with Crippen LogP contribution in [0.4, 0.5) is 0 Å². The Hall–Kier alpha value is -7.01. The summed E-state index contributed by atoms with van der Waals surface area (Å²) in [6.07, 6.45) is 3.19. The minimum absolute atomic E-state index is 0.0741. The molecule has 0 saturated carbocycles. The number of carbonyl (C=O) groups excluding carboxylic acids is 13. The van der Waals surface area contributed by atoms with Crippen LogP contribution in [0.5, 0.6) is 0 Å². The second kappa shape index (κ2) is 36.1. The van der Waals surface area contributed by atoms with Crippen molar-refractivity contribution in [2.75, 3.05) is 19.6 Å². The van der Waals surface area contributed by atoms with Crippen LogP contribution in [-0.2, 0) is 62.3 Å². The average Bonchev–Trinajstić information content (AvgIpc) is 3.34. The van der Waals surface area contributed by atoms with Gasteiger partial charge in [0.25, 0.3) is 0 Å². The Balaban J connectivity index is 5.56. The Morgan fingerprint density at radius 2 is 0.461 bits per heavy atom. The molecule has 0 aliphatic carbocycles. The molecule has 13 amide bonds. The van der Waals surface area contributed by atoms with Crippen molar-refractivity contribution in [2.24, 2.45) is 22.9 Å². The first-order chi connectivity index (χ1) is 35.5. The molecule has 0 aromatic carbocycles. The number of unbranched alkanes of at least 4 members (excludes halogenated alkanes) is 3. The second-order valence-electron chi connectivity index (χ2n) is 18.7. The maximum absolute atomic E-state index is 13.5. The second-order valence-corrected chi connectivity index (χ2v) is 18.7. The summed E-state index contributed by atoms with van der Waals surface area (Å²) in [6, 6.07) is -13.9. The summed E-state index contributed by atoms with van der Waals surface area (Å²) < 4.78 is 0. The van der Waals surface area contributed by atoms with Crippen molar-refractivity contribution in [1.29, 1.82) is 0 Å². The molecule has 12 atom stereocenters. The van der Waals surface area contributed by atoms with Gasteiger partial charge in [-0.25, -0.2) is 0 Å². The van der Waals surface area contributed by atoms with E-state index < -0.39 is 149 Å². The molecule has 0 aromatic rings. The van der Waals surface area contributed by atoms with Crippen molar-refractivity contribution in [3.8, 4) is 0 Å². The molecule has 76 heavy (non-hydrogen) atoms. The maximum Gasteiger partial charge on any atom is 0.243 e. The average molecular weight is 1080 g/mol. The maximum atomic E-state index is 13.5. The molecule has 0 aromatic heterocycles. The Morgan fingerprint density at radius 1 is 0.276 bits per heavy atom. The van der Waals surface area contributed by atoms with Gasteiger partial charge in [0.15, 0.2) is 0 Å². The highest BCUT2D eigenvalue weighted by molar-refractivity contribution is 5.99. The van der Waals surface area contributed by atoms with Gasteiger partial charge in [-0.1, -0.05) is 0 Å². The number of hydrogen-bond donors (Lipinski definition) is 16. The lowest BCUT2D eigenvalue weighted by Crippen LogP contribution is -2.59. The molecule has 0 aliphatic heterocycles. The molecule has 0 saturated heterocycles. The van der Waals surface area contributed by atoms with Crippen LogP contribution in [-0.4, -0.2) is 169 Å². The Morgan fingerprint density at radius 3 is 0.658 bits per heavy atom. The van der Waals surface area contributed by atoms with Gasteiger partial charge in [-0.3, -0.25) is 62.3 Å². The predicted octanol–water partition coefficient (Wildman–Crippen LogP) is -6.12. The van der Waals surface area contributed by atoms with Crippen LogP contribution in [0, 0.1) is 0 Å². The van der Waals surface area contributed by atoms with Crippen molar-refractivity contribution in [3.63, 3.8) is 0 Å². The zero-order chi connectivity index (χ0) is 58.4. The van der Waals surface area contributed by atoms with E-state index in [0.29, 0.717) is 51.6 Å². The van der Waals surface area contributed by atoms with Crippen LogP contribution in [0.2, 0.25) is 0 Å². The third-order valence-corrected chi connectivity index (χ3v) is 11.6. The van der Waals surface area contributed by atoms with Gasteiger partial charge < -0.3 is 86.7 Å². The van der Waals surface area contributed by atoms with Crippen molar-refractivity contribution in [1.82, 2.24) is 63.8 Å². The molecule has 0 heterocycles. The highest BCUT2D eigenvalue weighted by atomic mass is 16.2. The normalized spacial score (nSPS) is 15.6. The van der Waals surface area contributed by atoms with E-state index in [2.05, 4.69) is 63.8 Å². The number of amides is 13. The molecular weight excluding hydrogens is 997 g/mol. The van der Waals surface area contributed by atoms with E-state index in [1.54, 1.807) is 0 Å². The van der Waals surface area contributed by atoms with Crippen molar-refractivity contribution in [2.45, 2.75) is 200 Å². The third kappa shape index (κ3) is 27.0. The lowest BCUT2D eigenvalue weighted by molar-refractivity contribution is -0.135. The van der Waals surface area contributed by atoms with E-state index in [4.69, 9.17) is 22.9 Å². The van der Waals surface area contributed by atoms with Crippen LogP contribution < -0.4 is 86.7 Å². The van der Waals surface area contributed by atoms with E-state index in [1.165, 1.54) is 69.2 Å². The molecule has 0 fully saturated rings. The van der Waals surface area contributed by atoms with Gasteiger partial charge in [0, 0.05) is 6.92 Å². The minimum atomic E-state index is -1.26. The van der Waals surface area contributed by atoms with Crippen molar-refractivity contribution < 1.29 is 62.3 Å². The van der Waals surface area contributed by atoms with E-state index in [9.17, 15) is 62.3 Å². The van der Waals surface area contributed by atoms with E-state index in [0.717, 1.165) is 0 Å². The van der Waals surface area contributed by atoms with Crippen LogP contribution in [0.1, 0.15) is 127 Å². The standard InChI is InChI=1S/C47H86N16O13/c1-23(36(51)65)53-45(74)33(17-11-14-20-48)61-43(72)30(8)57-38(67)25(3)54-41(70)28(6)60-47(76)35(19-13-16-22-50)63-44(73)31(9)58-39(68)26(4)55-40(69)27(5)59-46(75)34(18-12-15-21-49)62-42(71)29(7)56-37(66)24(2)52-32(10)64/h23-31,33-35H,11-22,48-50H2,1-10H3,(H2,51,65)(H,52,64)(H,53,74)(H,54,70)(H,55,69)(H,56,66)(H,57,67)(H,58,68)(H,59,75)(H,60,76)(H,61,72)(H,62,71)(H,63,73)/t23-,24-,25-,26-,27-,28-,29-,30-,31-,33-,34-,35-/m0/s1. The number of rotatable bonds is 36. The van der Waals surface area contributed by atoms with Crippen molar-refractivity contribution >= 4 is 76.8 Å². The summed E-state index contributed by atoms with van der Waals surface area (Å²) in [5, 5.41) is 29.7. The first-order valence-electron chi connectivity index (χ1n) is 25.5. The largest absolute Gasteiger partial charge is 0.368 e. The van der Waals surface area contributed by atoms with Gasteiger partial charge in [0.05, 0.1) is 0 Å². The minimum Gasteiger partial charge on any atom is -0.368 e. The molecule has 29 heteroatoms. The first kappa shape index (κ1) is 69.0. The Kier molecular flexibility index (Phi) is 32.7. The predicted molar refractivity (Wildman–Crippen MR) is 278 cm³/mol. The molecule has 0 bridgehead atoms. The van der Waals surface area contributed by atoms with Gasteiger partial charge in [0.1, 0.15) is 72.5 Å². The first-order valence-corrected chi connectivity index (χ1v) is 25.5. The molecule has 0 radical (unpaired) electrons. The number of nitrogens with two attached hydrogens (primary N) is 4. The highest BCUT2D eigenvalue weighted by Crippen LogP contribution is 2.06. The number of hydrogen-bond acceptors (Lipinski definition) is 16. The molecule has 20 N–H and O–H groups in total. The van der Waals surface area contributed by atoms with E-state index in [1.807, 2.05) is 0 Å². The van der Waals surface area contributed by atoms with Crippen LogP contribution in [0.25, 0.3) is 0 Å². The summed E-state index contributed by atoms with van der Waals surface area (Å²) >= 11 is 0. The molecule has 29 nitrogen and oxygen atoms in total. The third-order valence-electron chi connectivity index (χ3n) is 11.6. The summed E-state index contributed by atoms with van der Waals surface area (Å²) in [5.74, 6) is -9.50. The lowest BCUT2D eigenvalue weighted by atomic mass is 10.1. The fourth-order valence-electron chi connectivity index (χ4n) is 6.71. The Labute approximate surface area is 444 Å². The summed E-state index contributed by atoms with van der Waals surface area (Å²) in [5.41, 5.74) is 22.0. The van der Waals surface area contributed by atoms with Gasteiger partial charge in [-0.2, -0.15) is 0 Å².